The minimum atomic E-state index is -1.25. The number of aliphatic hydroxyl groups is 1. The fourth-order valence-corrected chi connectivity index (χ4v) is 0.484. The van der Waals surface area contributed by atoms with Gasteiger partial charge in [-0.2, -0.15) is 0 Å². The molecule has 0 fully saturated rings. The Morgan fingerprint density at radius 2 is 2.42 bits per heavy atom. The van der Waals surface area contributed by atoms with Gasteiger partial charge in [0.2, 0.25) is 6.29 Å². The van der Waals surface area contributed by atoms with Crippen molar-refractivity contribution in [2.24, 2.45) is 5.73 Å². The predicted molar refractivity (Wildman–Crippen MR) is 42.2 cm³/mol. The molecule has 12 heavy (non-hydrogen) atoms. The molecule has 1 unspecified atom stereocenters. The maximum Gasteiger partial charge on any atom is 0.332 e. The van der Waals surface area contributed by atoms with Crippen LogP contribution in [0.3, 0.4) is 0 Å². The van der Waals surface area contributed by atoms with Gasteiger partial charge in [0.05, 0.1) is 6.61 Å². The van der Waals surface area contributed by atoms with Gasteiger partial charge in [0, 0.05) is 12.6 Å². The van der Waals surface area contributed by atoms with E-state index in [4.69, 9.17) is 15.6 Å². The lowest BCUT2D eigenvalue weighted by atomic mass is 10.6. The van der Waals surface area contributed by atoms with E-state index in [1.54, 1.807) is 0 Å². The lowest BCUT2D eigenvalue weighted by Crippen LogP contribution is -2.23. The Bertz CT molecular complexity index is 148. The second-order valence-electron chi connectivity index (χ2n) is 1.96. The molecule has 0 aliphatic carbocycles. The topological polar surface area (TPSA) is 81.8 Å². The number of hydrogen-bond acceptors (Lipinski definition) is 5. The molecule has 0 aliphatic heterocycles. The second kappa shape index (κ2) is 6.78. The van der Waals surface area contributed by atoms with Crippen LogP contribution in [0.4, 0.5) is 0 Å². The first-order chi connectivity index (χ1) is 5.70. The van der Waals surface area contributed by atoms with Crippen molar-refractivity contribution in [2.45, 2.75) is 6.29 Å². The third-order valence-corrected chi connectivity index (χ3v) is 0.941. The van der Waals surface area contributed by atoms with Crippen LogP contribution in [0.25, 0.3) is 0 Å². The van der Waals surface area contributed by atoms with Gasteiger partial charge in [0.25, 0.3) is 0 Å². The minimum Gasteiger partial charge on any atom is -0.430 e. The molecule has 5 nitrogen and oxygen atoms in total. The summed E-state index contributed by atoms with van der Waals surface area (Å²) in [6, 6.07) is 0. The van der Waals surface area contributed by atoms with Crippen molar-refractivity contribution in [2.75, 3.05) is 19.8 Å². The predicted octanol–water partition coefficient (Wildman–Crippen LogP) is -0.991. The molecule has 0 rings (SSSR count). The van der Waals surface area contributed by atoms with Gasteiger partial charge in [0.1, 0.15) is 6.61 Å². The third kappa shape index (κ3) is 5.84. The van der Waals surface area contributed by atoms with E-state index in [-0.39, 0.29) is 6.61 Å². The summed E-state index contributed by atoms with van der Waals surface area (Å²) in [5.41, 5.74) is 5.11. The number of aliphatic hydroxyl groups excluding tert-OH is 1. The van der Waals surface area contributed by atoms with Gasteiger partial charge >= 0.3 is 5.97 Å². The summed E-state index contributed by atoms with van der Waals surface area (Å²) in [5.74, 6) is -0.682. The molecule has 0 saturated carbocycles. The number of ether oxygens (including phenoxy) is 2. The number of nitrogens with two attached hydrogens (primary N) is 1. The summed E-state index contributed by atoms with van der Waals surface area (Å²) >= 11 is 0. The average molecular weight is 175 g/mol. The molecule has 70 valence electrons. The maximum absolute atomic E-state index is 10.5. The molecule has 0 heterocycles. The van der Waals surface area contributed by atoms with Crippen molar-refractivity contribution in [3.63, 3.8) is 0 Å². The molecular formula is C7H13NO4. The Morgan fingerprint density at radius 3 is 2.92 bits per heavy atom. The van der Waals surface area contributed by atoms with E-state index >= 15 is 0 Å². The van der Waals surface area contributed by atoms with Crippen LogP contribution in [0.5, 0.6) is 0 Å². The number of esters is 1. The van der Waals surface area contributed by atoms with Crippen molar-refractivity contribution in [1.29, 1.82) is 0 Å². The van der Waals surface area contributed by atoms with E-state index in [0.29, 0.717) is 13.2 Å². The summed E-state index contributed by atoms with van der Waals surface area (Å²) in [4.78, 5) is 10.5. The molecule has 5 heteroatoms. The van der Waals surface area contributed by atoms with Crippen LogP contribution in [-0.2, 0) is 14.3 Å². The lowest BCUT2D eigenvalue weighted by molar-refractivity contribution is -0.170. The van der Waals surface area contributed by atoms with Crippen LogP contribution < -0.4 is 5.73 Å². The van der Waals surface area contributed by atoms with Crippen LogP contribution in [-0.4, -0.2) is 37.1 Å². The maximum atomic E-state index is 10.5. The fraction of sp³-hybridized carbons (Fsp3) is 0.571. The molecular weight excluding hydrogens is 162 g/mol. The smallest absolute Gasteiger partial charge is 0.332 e. The largest absolute Gasteiger partial charge is 0.430 e. The van der Waals surface area contributed by atoms with Crippen LogP contribution in [0.1, 0.15) is 0 Å². The fourth-order valence-electron chi connectivity index (χ4n) is 0.484. The monoisotopic (exact) mass is 175 g/mol. The van der Waals surface area contributed by atoms with Crippen LogP contribution >= 0.6 is 0 Å². The van der Waals surface area contributed by atoms with Gasteiger partial charge in [-0.1, -0.05) is 6.58 Å². The zero-order chi connectivity index (χ0) is 9.40. The van der Waals surface area contributed by atoms with Crippen molar-refractivity contribution in [3.8, 4) is 0 Å². The van der Waals surface area contributed by atoms with Crippen molar-refractivity contribution < 1.29 is 19.4 Å². The highest BCUT2D eigenvalue weighted by molar-refractivity contribution is 5.81. The molecule has 0 amide bonds. The van der Waals surface area contributed by atoms with Crippen molar-refractivity contribution in [3.05, 3.63) is 12.7 Å². The van der Waals surface area contributed by atoms with E-state index in [1.807, 2.05) is 0 Å². The Hall–Kier alpha value is -0.910. The zero-order valence-electron chi connectivity index (χ0n) is 6.73. The summed E-state index contributed by atoms with van der Waals surface area (Å²) in [6.45, 7) is 3.78. The Morgan fingerprint density at radius 1 is 1.75 bits per heavy atom. The van der Waals surface area contributed by atoms with Gasteiger partial charge < -0.3 is 20.3 Å². The molecule has 0 aliphatic rings. The molecule has 0 aromatic heterocycles. The van der Waals surface area contributed by atoms with E-state index < -0.39 is 12.3 Å². The van der Waals surface area contributed by atoms with Crippen molar-refractivity contribution in [1.82, 2.24) is 0 Å². The number of carbonyl (C=O) groups excluding carboxylic acids is 1. The second-order valence-corrected chi connectivity index (χ2v) is 1.96. The number of rotatable bonds is 6. The van der Waals surface area contributed by atoms with E-state index in [2.05, 4.69) is 11.3 Å². The summed E-state index contributed by atoms with van der Waals surface area (Å²) in [5, 5.41) is 8.92. The van der Waals surface area contributed by atoms with Gasteiger partial charge in [-0.05, 0) is 0 Å². The highest BCUT2D eigenvalue weighted by Crippen LogP contribution is 1.89. The van der Waals surface area contributed by atoms with Crippen LogP contribution in [0.2, 0.25) is 0 Å². The highest BCUT2D eigenvalue weighted by Gasteiger charge is 2.07. The molecule has 1 atom stereocenters. The van der Waals surface area contributed by atoms with Gasteiger partial charge in [-0.25, -0.2) is 4.79 Å². The molecule has 0 aromatic carbocycles. The van der Waals surface area contributed by atoms with E-state index in [0.717, 1.165) is 6.08 Å². The van der Waals surface area contributed by atoms with Gasteiger partial charge in [-0.15, -0.1) is 0 Å². The highest BCUT2D eigenvalue weighted by atomic mass is 16.7. The summed E-state index contributed by atoms with van der Waals surface area (Å²) in [6.07, 6.45) is -0.284. The first kappa shape index (κ1) is 11.1. The summed E-state index contributed by atoms with van der Waals surface area (Å²) < 4.78 is 9.18. The van der Waals surface area contributed by atoms with Gasteiger partial charge in [0.15, 0.2) is 0 Å². The Labute approximate surface area is 70.8 Å². The van der Waals surface area contributed by atoms with Crippen LogP contribution in [0.15, 0.2) is 12.7 Å². The van der Waals surface area contributed by atoms with Crippen molar-refractivity contribution >= 4 is 5.97 Å². The first-order valence-corrected chi connectivity index (χ1v) is 3.49. The zero-order valence-corrected chi connectivity index (χ0v) is 6.73. The Kier molecular flexibility index (Phi) is 6.26. The summed E-state index contributed by atoms with van der Waals surface area (Å²) in [7, 11) is 0. The van der Waals surface area contributed by atoms with E-state index in [1.165, 1.54) is 0 Å². The van der Waals surface area contributed by atoms with Crippen LogP contribution in [0, 0.1) is 0 Å². The minimum absolute atomic E-state index is 0.0726. The average Bonchev–Trinajstić information content (AvgIpc) is 2.05. The number of carbonyl (C=O) groups is 1. The third-order valence-electron chi connectivity index (χ3n) is 0.941. The normalized spacial score (nSPS) is 12.2. The van der Waals surface area contributed by atoms with E-state index in [9.17, 15) is 4.79 Å². The SMILES string of the molecule is C=CC(=O)OC(O)COCCN. The first-order valence-electron chi connectivity index (χ1n) is 3.49. The quantitative estimate of drug-likeness (QED) is 0.234. The van der Waals surface area contributed by atoms with Gasteiger partial charge in [-0.3, -0.25) is 0 Å². The molecule has 3 N–H and O–H groups in total. The number of hydrogen-bond donors (Lipinski definition) is 2. The molecule has 0 spiro atoms. The Balaban J connectivity index is 3.38. The molecule has 0 aromatic rings. The standard InChI is InChI=1S/C7H13NO4/c1-2-6(9)12-7(10)5-11-4-3-8/h2,7,10H,1,3-5,8H2. The molecule has 0 radical (unpaired) electrons. The lowest BCUT2D eigenvalue weighted by Gasteiger charge is -2.10. The molecule has 0 bridgehead atoms. The molecule has 0 saturated heterocycles.